The molecule has 0 saturated carbocycles. The van der Waals surface area contributed by atoms with Gasteiger partial charge in [0.15, 0.2) is 0 Å². The van der Waals surface area contributed by atoms with Crippen molar-refractivity contribution in [1.82, 2.24) is 5.32 Å². The van der Waals surface area contributed by atoms with Crippen LogP contribution >= 0.6 is 0 Å². The van der Waals surface area contributed by atoms with Crippen molar-refractivity contribution in [1.29, 1.82) is 0 Å². The Labute approximate surface area is 148 Å². The summed E-state index contributed by atoms with van der Waals surface area (Å²) in [5, 5.41) is 14.4. The van der Waals surface area contributed by atoms with Gasteiger partial charge in [-0.3, -0.25) is 9.59 Å². The van der Waals surface area contributed by atoms with E-state index in [9.17, 15) is 14.7 Å². The van der Waals surface area contributed by atoms with E-state index in [4.69, 9.17) is 4.74 Å². The first kappa shape index (κ1) is 18.9. The molecule has 5 heteroatoms. The van der Waals surface area contributed by atoms with Gasteiger partial charge < -0.3 is 15.2 Å². The molecule has 5 nitrogen and oxygen atoms in total. The van der Waals surface area contributed by atoms with E-state index < -0.39 is 11.9 Å². The van der Waals surface area contributed by atoms with Crippen LogP contribution in [-0.4, -0.2) is 36.7 Å². The zero-order valence-corrected chi connectivity index (χ0v) is 14.5. The SMILES string of the molecule is CCOCCCC(=O)NCC(Cc1cccc2ccccc12)C(=O)O. The molecular weight excluding hydrogens is 318 g/mol. The molecule has 0 aliphatic rings. The maximum absolute atomic E-state index is 11.8. The predicted octanol–water partition coefficient (Wildman–Crippen LogP) is 3.02. The van der Waals surface area contributed by atoms with Crippen molar-refractivity contribution in [2.24, 2.45) is 5.92 Å². The quantitative estimate of drug-likeness (QED) is 0.650. The third-order valence-corrected chi connectivity index (χ3v) is 4.14. The van der Waals surface area contributed by atoms with Crippen molar-refractivity contribution in [3.63, 3.8) is 0 Å². The van der Waals surface area contributed by atoms with E-state index in [0.29, 0.717) is 32.5 Å². The molecular formula is C20H25NO4. The summed E-state index contributed by atoms with van der Waals surface area (Å²) in [5.74, 6) is -1.69. The molecule has 1 atom stereocenters. The fourth-order valence-corrected chi connectivity index (χ4v) is 2.79. The molecule has 2 aromatic rings. The Hall–Kier alpha value is -2.40. The lowest BCUT2D eigenvalue weighted by Crippen LogP contribution is -2.34. The number of hydrogen-bond acceptors (Lipinski definition) is 3. The van der Waals surface area contributed by atoms with Crippen LogP contribution < -0.4 is 5.32 Å². The van der Waals surface area contributed by atoms with Crippen molar-refractivity contribution in [3.8, 4) is 0 Å². The lowest BCUT2D eigenvalue weighted by Gasteiger charge is -2.15. The van der Waals surface area contributed by atoms with Crippen LogP contribution in [0.3, 0.4) is 0 Å². The summed E-state index contributed by atoms with van der Waals surface area (Å²) in [5.41, 5.74) is 0.982. The molecule has 0 aliphatic carbocycles. The summed E-state index contributed by atoms with van der Waals surface area (Å²) in [6.45, 7) is 3.22. The number of rotatable bonds is 10. The van der Waals surface area contributed by atoms with Gasteiger partial charge in [0.1, 0.15) is 0 Å². The Bertz CT molecular complexity index is 708. The molecule has 0 radical (unpaired) electrons. The molecule has 2 N–H and O–H groups in total. The number of carboxylic acids is 1. The molecule has 0 spiro atoms. The monoisotopic (exact) mass is 343 g/mol. The van der Waals surface area contributed by atoms with Gasteiger partial charge in [-0.05, 0) is 36.1 Å². The summed E-state index contributed by atoms with van der Waals surface area (Å²) >= 11 is 0. The van der Waals surface area contributed by atoms with Crippen molar-refractivity contribution >= 4 is 22.6 Å². The molecule has 0 heterocycles. The molecule has 134 valence electrons. The fourth-order valence-electron chi connectivity index (χ4n) is 2.79. The van der Waals surface area contributed by atoms with Crippen molar-refractivity contribution < 1.29 is 19.4 Å². The molecule has 0 aliphatic heterocycles. The second kappa shape index (κ2) is 9.79. The number of carboxylic acid groups (broad SMARTS) is 1. The molecule has 0 bridgehead atoms. The van der Waals surface area contributed by atoms with E-state index in [1.165, 1.54) is 0 Å². The van der Waals surface area contributed by atoms with Gasteiger partial charge in [0, 0.05) is 26.2 Å². The summed E-state index contributed by atoms with van der Waals surface area (Å²) < 4.78 is 5.19. The normalized spacial score (nSPS) is 12.0. The van der Waals surface area contributed by atoms with Crippen molar-refractivity contribution in [2.75, 3.05) is 19.8 Å². The van der Waals surface area contributed by atoms with Crippen LogP contribution in [0.5, 0.6) is 0 Å². The highest BCUT2D eigenvalue weighted by Gasteiger charge is 2.20. The van der Waals surface area contributed by atoms with Crippen LogP contribution in [0.4, 0.5) is 0 Å². The minimum absolute atomic E-state index is 0.131. The van der Waals surface area contributed by atoms with Crippen molar-refractivity contribution in [3.05, 3.63) is 48.0 Å². The Morgan fingerprint density at radius 2 is 1.92 bits per heavy atom. The van der Waals surface area contributed by atoms with E-state index >= 15 is 0 Å². The number of amides is 1. The van der Waals surface area contributed by atoms with Gasteiger partial charge in [-0.2, -0.15) is 0 Å². The van der Waals surface area contributed by atoms with Crippen LogP contribution in [0.15, 0.2) is 42.5 Å². The first-order chi connectivity index (χ1) is 12.1. The Balaban J connectivity index is 1.94. The second-order valence-corrected chi connectivity index (χ2v) is 5.98. The lowest BCUT2D eigenvalue weighted by atomic mass is 9.95. The number of fused-ring (bicyclic) bond motifs is 1. The fraction of sp³-hybridized carbons (Fsp3) is 0.400. The van der Waals surface area contributed by atoms with E-state index in [1.807, 2.05) is 49.4 Å². The van der Waals surface area contributed by atoms with Crippen LogP contribution in [0, 0.1) is 5.92 Å². The van der Waals surface area contributed by atoms with Crippen LogP contribution in [0.2, 0.25) is 0 Å². The molecule has 2 aromatic carbocycles. The Morgan fingerprint density at radius 1 is 1.16 bits per heavy atom. The highest BCUT2D eigenvalue weighted by Crippen LogP contribution is 2.21. The molecule has 1 amide bonds. The van der Waals surface area contributed by atoms with Gasteiger partial charge in [0.25, 0.3) is 0 Å². The van der Waals surface area contributed by atoms with E-state index in [0.717, 1.165) is 16.3 Å². The van der Waals surface area contributed by atoms with Crippen molar-refractivity contribution in [2.45, 2.75) is 26.2 Å². The van der Waals surface area contributed by atoms with Crippen LogP contribution in [0.1, 0.15) is 25.3 Å². The molecule has 1 unspecified atom stereocenters. The van der Waals surface area contributed by atoms with E-state index in [1.54, 1.807) is 0 Å². The average molecular weight is 343 g/mol. The minimum Gasteiger partial charge on any atom is -0.481 e. The third-order valence-electron chi connectivity index (χ3n) is 4.14. The predicted molar refractivity (Wildman–Crippen MR) is 97.5 cm³/mol. The summed E-state index contributed by atoms with van der Waals surface area (Å²) in [4.78, 5) is 23.4. The molecule has 0 saturated heterocycles. The summed E-state index contributed by atoms with van der Waals surface area (Å²) in [6.07, 6.45) is 1.37. The van der Waals surface area contributed by atoms with E-state index in [-0.39, 0.29) is 12.5 Å². The second-order valence-electron chi connectivity index (χ2n) is 5.98. The van der Waals surface area contributed by atoms with Gasteiger partial charge in [-0.15, -0.1) is 0 Å². The lowest BCUT2D eigenvalue weighted by molar-refractivity contribution is -0.141. The number of nitrogens with one attached hydrogen (secondary N) is 1. The first-order valence-electron chi connectivity index (χ1n) is 8.65. The highest BCUT2D eigenvalue weighted by molar-refractivity contribution is 5.86. The number of ether oxygens (including phenoxy) is 1. The average Bonchev–Trinajstić information content (AvgIpc) is 2.62. The van der Waals surface area contributed by atoms with Gasteiger partial charge in [-0.25, -0.2) is 0 Å². The topological polar surface area (TPSA) is 75.6 Å². The zero-order chi connectivity index (χ0) is 18.1. The molecule has 0 fully saturated rings. The van der Waals surface area contributed by atoms with Gasteiger partial charge >= 0.3 is 5.97 Å². The van der Waals surface area contributed by atoms with Gasteiger partial charge in [0.2, 0.25) is 5.91 Å². The summed E-state index contributed by atoms with van der Waals surface area (Å²) in [6, 6.07) is 13.8. The zero-order valence-electron chi connectivity index (χ0n) is 14.5. The Morgan fingerprint density at radius 3 is 2.68 bits per heavy atom. The maximum Gasteiger partial charge on any atom is 0.308 e. The molecule has 0 aromatic heterocycles. The number of carbonyl (C=O) groups is 2. The Kier molecular flexibility index (Phi) is 7.41. The smallest absolute Gasteiger partial charge is 0.308 e. The highest BCUT2D eigenvalue weighted by atomic mass is 16.5. The number of aliphatic carboxylic acids is 1. The third kappa shape index (κ3) is 5.87. The molecule has 2 rings (SSSR count). The molecule has 25 heavy (non-hydrogen) atoms. The van der Waals surface area contributed by atoms with Crippen LogP contribution in [0.25, 0.3) is 10.8 Å². The maximum atomic E-state index is 11.8. The number of carbonyl (C=O) groups excluding carboxylic acids is 1. The number of hydrogen-bond donors (Lipinski definition) is 2. The van der Waals surface area contributed by atoms with Crippen LogP contribution in [-0.2, 0) is 20.7 Å². The van der Waals surface area contributed by atoms with E-state index in [2.05, 4.69) is 5.32 Å². The first-order valence-corrected chi connectivity index (χ1v) is 8.65. The van der Waals surface area contributed by atoms with Gasteiger partial charge in [-0.1, -0.05) is 42.5 Å². The minimum atomic E-state index is -0.900. The van der Waals surface area contributed by atoms with Gasteiger partial charge in [0.05, 0.1) is 5.92 Å². The number of benzene rings is 2. The standard InChI is InChI=1S/C20H25NO4/c1-2-25-12-6-11-19(22)21-14-17(20(23)24)13-16-9-5-8-15-7-3-4-10-18(15)16/h3-5,7-10,17H,2,6,11-14H2,1H3,(H,21,22)(H,23,24). The largest absolute Gasteiger partial charge is 0.481 e. The summed E-state index contributed by atoms with van der Waals surface area (Å²) in [7, 11) is 0.